The van der Waals surface area contributed by atoms with Crippen molar-refractivity contribution in [3.8, 4) is 5.75 Å². The Labute approximate surface area is 107 Å². The van der Waals surface area contributed by atoms with Crippen LogP contribution in [0.5, 0.6) is 5.75 Å². The van der Waals surface area contributed by atoms with Gasteiger partial charge in [0.15, 0.2) is 0 Å². The molecule has 0 aliphatic heterocycles. The Morgan fingerprint density at radius 2 is 1.61 bits per heavy atom. The first kappa shape index (κ1) is 12.6. The number of hydrogen-bond donors (Lipinski definition) is 0. The predicted octanol–water partition coefficient (Wildman–Crippen LogP) is 3.07. The number of benzene rings is 2. The molecule has 94 valence electrons. The van der Waals surface area contributed by atoms with Crippen LogP contribution in [0, 0.1) is 13.8 Å². The fourth-order valence-electron chi connectivity index (χ4n) is 1.55. The minimum Gasteiger partial charge on any atom is -0.379 e. The van der Waals surface area contributed by atoms with E-state index in [-0.39, 0.29) is 4.90 Å². The summed E-state index contributed by atoms with van der Waals surface area (Å²) >= 11 is 0. The van der Waals surface area contributed by atoms with Gasteiger partial charge in [0.2, 0.25) is 0 Å². The normalized spacial score (nSPS) is 11.2. The standard InChI is InChI=1S/C14H14O3S/c1-11-8-9-12(2)14(10-11)17-18(15,16)13-6-4-3-5-7-13/h3-10H,1-2H3. The zero-order chi connectivity index (χ0) is 13.2. The Kier molecular flexibility index (Phi) is 3.39. The predicted molar refractivity (Wildman–Crippen MR) is 70.2 cm³/mol. The van der Waals surface area contributed by atoms with E-state index < -0.39 is 10.1 Å². The molecule has 2 aromatic carbocycles. The van der Waals surface area contributed by atoms with Crippen LogP contribution in [0.3, 0.4) is 0 Å². The zero-order valence-electron chi connectivity index (χ0n) is 10.3. The van der Waals surface area contributed by atoms with Gasteiger partial charge in [-0.05, 0) is 43.2 Å². The third kappa shape index (κ3) is 2.71. The van der Waals surface area contributed by atoms with Gasteiger partial charge in [0, 0.05) is 0 Å². The Balaban J connectivity index is 2.37. The molecular weight excluding hydrogens is 248 g/mol. The maximum Gasteiger partial charge on any atom is 0.339 e. The first-order valence-electron chi connectivity index (χ1n) is 5.56. The summed E-state index contributed by atoms with van der Waals surface area (Å²) in [5.41, 5.74) is 1.75. The topological polar surface area (TPSA) is 43.4 Å². The van der Waals surface area contributed by atoms with Gasteiger partial charge in [0.1, 0.15) is 10.6 Å². The Hall–Kier alpha value is -1.81. The summed E-state index contributed by atoms with van der Waals surface area (Å²) in [5.74, 6) is 0.374. The summed E-state index contributed by atoms with van der Waals surface area (Å²) in [7, 11) is -3.75. The zero-order valence-corrected chi connectivity index (χ0v) is 11.1. The molecule has 0 radical (unpaired) electrons. The van der Waals surface area contributed by atoms with E-state index in [2.05, 4.69) is 0 Å². The van der Waals surface area contributed by atoms with Crippen LogP contribution in [0.15, 0.2) is 53.4 Å². The summed E-state index contributed by atoms with van der Waals surface area (Å²) in [6.45, 7) is 3.71. The third-order valence-electron chi connectivity index (χ3n) is 2.58. The molecule has 4 heteroatoms. The van der Waals surface area contributed by atoms with Gasteiger partial charge in [-0.3, -0.25) is 0 Å². The lowest BCUT2D eigenvalue weighted by Gasteiger charge is -2.09. The van der Waals surface area contributed by atoms with E-state index >= 15 is 0 Å². The average molecular weight is 262 g/mol. The highest BCUT2D eigenvalue weighted by atomic mass is 32.2. The molecule has 0 fully saturated rings. The van der Waals surface area contributed by atoms with Crippen LogP contribution < -0.4 is 4.18 Å². The van der Waals surface area contributed by atoms with E-state index in [0.29, 0.717) is 5.75 Å². The van der Waals surface area contributed by atoms with Crippen molar-refractivity contribution in [2.75, 3.05) is 0 Å². The van der Waals surface area contributed by atoms with Gasteiger partial charge in [-0.1, -0.05) is 30.3 Å². The van der Waals surface area contributed by atoms with Crippen molar-refractivity contribution >= 4 is 10.1 Å². The molecule has 0 saturated heterocycles. The lowest BCUT2D eigenvalue weighted by Crippen LogP contribution is -2.10. The summed E-state index contributed by atoms with van der Waals surface area (Å²) < 4.78 is 29.3. The van der Waals surface area contributed by atoms with E-state index in [9.17, 15) is 8.42 Å². The second kappa shape index (κ2) is 4.82. The number of hydrogen-bond acceptors (Lipinski definition) is 3. The molecule has 2 aromatic rings. The minimum absolute atomic E-state index is 0.158. The van der Waals surface area contributed by atoms with Crippen molar-refractivity contribution in [1.29, 1.82) is 0 Å². The molecule has 0 N–H and O–H groups in total. The van der Waals surface area contributed by atoms with Crippen LogP contribution in [-0.2, 0) is 10.1 Å². The molecule has 0 aromatic heterocycles. The van der Waals surface area contributed by atoms with Crippen LogP contribution in [0.1, 0.15) is 11.1 Å². The molecule has 2 rings (SSSR count). The van der Waals surface area contributed by atoms with Crippen LogP contribution >= 0.6 is 0 Å². The molecule has 0 spiro atoms. The van der Waals surface area contributed by atoms with Gasteiger partial charge in [0.25, 0.3) is 0 Å². The van der Waals surface area contributed by atoms with E-state index in [1.807, 2.05) is 26.0 Å². The van der Waals surface area contributed by atoms with Crippen molar-refractivity contribution in [3.63, 3.8) is 0 Å². The minimum atomic E-state index is -3.75. The van der Waals surface area contributed by atoms with Crippen molar-refractivity contribution in [1.82, 2.24) is 0 Å². The Morgan fingerprint density at radius 3 is 2.28 bits per heavy atom. The highest BCUT2D eigenvalue weighted by molar-refractivity contribution is 7.87. The van der Waals surface area contributed by atoms with Gasteiger partial charge in [-0.25, -0.2) is 0 Å². The SMILES string of the molecule is Cc1ccc(C)c(OS(=O)(=O)c2ccccc2)c1. The maximum absolute atomic E-state index is 12.0. The molecule has 0 heterocycles. The Morgan fingerprint density at radius 1 is 0.944 bits per heavy atom. The monoisotopic (exact) mass is 262 g/mol. The lowest BCUT2D eigenvalue weighted by atomic mass is 10.1. The van der Waals surface area contributed by atoms with Gasteiger partial charge >= 0.3 is 10.1 Å². The average Bonchev–Trinajstić information content (AvgIpc) is 2.35. The highest BCUT2D eigenvalue weighted by Gasteiger charge is 2.17. The van der Waals surface area contributed by atoms with Gasteiger partial charge in [0.05, 0.1) is 0 Å². The van der Waals surface area contributed by atoms with E-state index in [1.165, 1.54) is 12.1 Å². The largest absolute Gasteiger partial charge is 0.379 e. The Bertz CT molecular complexity index is 646. The molecule has 0 aliphatic rings. The van der Waals surface area contributed by atoms with Gasteiger partial charge in [-0.2, -0.15) is 8.42 Å². The van der Waals surface area contributed by atoms with Gasteiger partial charge < -0.3 is 4.18 Å². The molecule has 0 amide bonds. The lowest BCUT2D eigenvalue weighted by molar-refractivity contribution is 0.484. The first-order chi connectivity index (χ1) is 8.49. The molecular formula is C14H14O3S. The number of aryl methyl sites for hydroxylation is 2. The van der Waals surface area contributed by atoms with E-state index in [4.69, 9.17) is 4.18 Å². The fraction of sp³-hybridized carbons (Fsp3) is 0.143. The summed E-state index contributed by atoms with van der Waals surface area (Å²) in [5, 5.41) is 0. The second-order valence-electron chi connectivity index (χ2n) is 4.12. The highest BCUT2D eigenvalue weighted by Crippen LogP contribution is 2.23. The van der Waals surface area contributed by atoms with E-state index in [0.717, 1.165) is 11.1 Å². The van der Waals surface area contributed by atoms with Crippen LogP contribution in [0.2, 0.25) is 0 Å². The number of rotatable bonds is 3. The molecule has 0 unspecified atom stereocenters. The second-order valence-corrected chi connectivity index (χ2v) is 5.67. The van der Waals surface area contributed by atoms with Crippen molar-refractivity contribution < 1.29 is 12.6 Å². The van der Waals surface area contributed by atoms with Crippen molar-refractivity contribution in [2.24, 2.45) is 0 Å². The molecule has 18 heavy (non-hydrogen) atoms. The molecule has 0 bridgehead atoms. The fourth-order valence-corrected chi connectivity index (χ4v) is 2.55. The smallest absolute Gasteiger partial charge is 0.339 e. The van der Waals surface area contributed by atoms with Crippen LogP contribution in [0.25, 0.3) is 0 Å². The third-order valence-corrected chi connectivity index (χ3v) is 3.82. The van der Waals surface area contributed by atoms with Crippen LogP contribution in [-0.4, -0.2) is 8.42 Å². The molecule has 0 atom stereocenters. The summed E-state index contributed by atoms with van der Waals surface area (Å²) in [6, 6.07) is 13.6. The van der Waals surface area contributed by atoms with Crippen molar-refractivity contribution in [3.05, 3.63) is 59.7 Å². The first-order valence-corrected chi connectivity index (χ1v) is 6.97. The summed E-state index contributed by atoms with van der Waals surface area (Å²) in [6.07, 6.45) is 0. The maximum atomic E-state index is 12.0. The van der Waals surface area contributed by atoms with Crippen molar-refractivity contribution in [2.45, 2.75) is 18.7 Å². The molecule has 3 nitrogen and oxygen atoms in total. The quantitative estimate of drug-likeness (QED) is 0.798. The van der Waals surface area contributed by atoms with Gasteiger partial charge in [-0.15, -0.1) is 0 Å². The molecule has 0 aliphatic carbocycles. The van der Waals surface area contributed by atoms with Crippen LogP contribution in [0.4, 0.5) is 0 Å². The van der Waals surface area contributed by atoms with E-state index in [1.54, 1.807) is 24.3 Å². The summed E-state index contributed by atoms with van der Waals surface area (Å²) in [4.78, 5) is 0.158. The molecule has 0 saturated carbocycles.